The number of benzene rings is 1. The number of nitrogens with zero attached hydrogens (tertiary/aromatic N) is 2. The number of hydrogen-bond donors (Lipinski definition) is 1. The van der Waals surface area contributed by atoms with Gasteiger partial charge in [-0.25, -0.2) is 0 Å². The van der Waals surface area contributed by atoms with E-state index in [1.165, 1.54) is 16.5 Å². The molecule has 2 rings (SSSR count). The van der Waals surface area contributed by atoms with E-state index < -0.39 is 0 Å². The zero-order chi connectivity index (χ0) is 11.7. The van der Waals surface area contributed by atoms with Crippen LogP contribution in [-0.2, 0) is 6.54 Å². The second-order valence-electron chi connectivity index (χ2n) is 4.21. The van der Waals surface area contributed by atoms with Gasteiger partial charge in [0, 0.05) is 18.0 Å². The molecule has 0 bridgehead atoms. The van der Waals surface area contributed by atoms with Crippen molar-refractivity contribution in [2.24, 2.45) is 0 Å². The molecule has 0 aliphatic rings. The van der Waals surface area contributed by atoms with Crippen molar-refractivity contribution in [2.75, 3.05) is 7.05 Å². The number of aromatic nitrogens is 2. The lowest BCUT2D eigenvalue weighted by molar-refractivity contribution is 0.547. The Labute approximate surface area is 104 Å². The van der Waals surface area contributed by atoms with Crippen LogP contribution < -0.4 is 5.32 Å². The van der Waals surface area contributed by atoms with Crippen molar-refractivity contribution in [1.82, 2.24) is 15.1 Å². The van der Waals surface area contributed by atoms with Gasteiger partial charge in [0.15, 0.2) is 0 Å². The van der Waals surface area contributed by atoms with Gasteiger partial charge in [-0.15, -0.1) is 0 Å². The van der Waals surface area contributed by atoms with Crippen LogP contribution in [0, 0.1) is 0 Å². The topological polar surface area (TPSA) is 29.9 Å². The lowest BCUT2D eigenvalue weighted by Crippen LogP contribution is -2.06. The number of fused-ring (bicyclic) bond motifs is 1. The molecule has 0 unspecified atom stereocenters. The number of hydrogen-bond acceptors (Lipinski definition) is 2. The molecule has 1 aromatic heterocycles. The molecule has 0 aliphatic heterocycles. The number of halogens is 1. The van der Waals surface area contributed by atoms with Gasteiger partial charge >= 0.3 is 0 Å². The minimum absolute atomic E-state index is 0.374. The molecule has 0 fully saturated rings. The quantitative estimate of drug-likeness (QED) is 0.937. The predicted molar refractivity (Wildman–Crippen MR) is 70.6 cm³/mol. The molecular weight excluding hydrogens is 266 g/mol. The van der Waals surface area contributed by atoms with Gasteiger partial charge < -0.3 is 5.32 Å². The minimum atomic E-state index is 0.374. The van der Waals surface area contributed by atoms with Crippen LogP contribution in [-0.4, -0.2) is 16.8 Å². The van der Waals surface area contributed by atoms with Gasteiger partial charge in [-0.3, -0.25) is 4.68 Å². The van der Waals surface area contributed by atoms with Crippen LogP contribution in [0.5, 0.6) is 0 Å². The van der Waals surface area contributed by atoms with Gasteiger partial charge in [0.1, 0.15) is 4.60 Å². The van der Waals surface area contributed by atoms with E-state index in [-0.39, 0.29) is 0 Å². The Bertz CT molecular complexity index is 502. The maximum atomic E-state index is 4.50. The first kappa shape index (κ1) is 11.6. The summed E-state index contributed by atoms with van der Waals surface area (Å²) in [5.41, 5.74) is 2.47. The first-order valence-electron chi connectivity index (χ1n) is 5.44. The van der Waals surface area contributed by atoms with E-state index in [0.717, 1.165) is 11.1 Å². The number of nitrogens with one attached hydrogen (secondary N) is 1. The Hall–Kier alpha value is -0.870. The van der Waals surface area contributed by atoms with Gasteiger partial charge in [-0.05, 0) is 54.5 Å². The van der Waals surface area contributed by atoms with Crippen molar-refractivity contribution in [2.45, 2.75) is 26.4 Å². The molecule has 0 aliphatic carbocycles. The molecule has 0 atom stereocenters. The third-order valence-corrected chi connectivity index (χ3v) is 3.18. The highest BCUT2D eigenvalue weighted by Crippen LogP contribution is 2.26. The molecule has 1 N–H and O–H groups in total. The van der Waals surface area contributed by atoms with Gasteiger partial charge in [-0.1, -0.05) is 6.07 Å². The highest BCUT2D eigenvalue weighted by atomic mass is 79.9. The van der Waals surface area contributed by atoms with Crippen LogP contribution in [0.1, 0.15) is 25.5 Å². The summed E-state index contributed by atoms with van der Waals surface area (Å²) in [6.45, 7) is 5.17. The fourth-order valence-corrected chi connectivity index (χ4v) is 2.36. The molecule has 2 aromatic rings. The summed E-state index contributed by atoms with van der Waals surface area (Å²) >= 11 is 3.50. The van der Waals surface area contributed by atoms with Gasteiger partial charge in [-0.2, -0.15) is 5.10 Å². The fourth-order valence-electron chi connectivity index (χ4n) is 1.85. The van der Waals surface area contributed by atoms with Crippen LogP contribution in [0.3, 0.4) is 0 Å². The summed E-state index contributed by atoms with van der Waals surface area (Å²) in [4.78, 5) is 0. The van der Waals surface area contributed by atoms with Crippen molar-refractivity contribution in [3.05, 3.63) is 28.4 Å². The summed E-state index contributed by atoms with van der Waals surface area (Å²) in [6.07, 6.45) is 0. The molecule has 1 heterocycles. The third kappa shape index (κ3) is 1.99. The summed E-state index contributed by atoms with van der Waals surface area (Å²) < 4.78 is 2.98. The SMILES string of the molecule is CNCc1ccc2c(Br)nn(C(C)C)c2c1. The first-order valence-corrected chi connectivity index (χ1v) is 6.24. The summed E-state index contributed by atoms with van der Waals surface area (Å²) in [5, 5.41) is 8.84. The molecule has 0 radical (unpaired) electrons. The molecule has 1 aromatic carbocycles. The third-order valence-electron chi connectivity index (χ3n) is 2.60. The summed E-state index contributed by atoms with van der Waals surface area (Å²) in [6, 6.07) is 6.83. The van der Waals surface area contributed by atoms with Crippen LogP contribution in [0.4, 0.5) is 0 Å². The van der Waals surface area contributed by atoms with Gasteiger partial charge in [0.05, 0.1) is 5.52 Å². The molecule has 4 heteroatoms. The molecule has 0 saturated heterocycles. The van der Waals surface area contributed by atoms with E-state index >= 15 is 0 Å². The van der Waals surface area contributed by atoms with Crippen LogP contribution >= 0.6 is 15.9 Å². The van der Waals surface area contributed by atoms with E-state index in [4.69, 9.17) is 0 Å². The smallest absolute Gasteiger partial charge is 0.136 e. The van der Waals surface area contributed by atoms with E-state index in [1.54, 1.807) is 0 Å². The molecule has 16 heavy (non-hydrogen) atoms. The lowest BCUT2D eigenvalue weighted by Gasteiger charge is -2.07. The van der Waals surface area contributed by atoms with Crippen molar-refractivity contribution in [3.8, 4) is 0 Å². The standard InChI is InChI=1S/C12H16BrN3/c1-8(2)16-11-6-9(7-14-3)4-5-10(11)12(13)15-16/h4-6,8,14H,7H2,1-3H3. The van der Waals surface area contributed by atoms with E-state index in [9.17, 15) is 0 Å². The average molecular weight is 282 g/mol. The van der Waals surface area contributed by atoms with E-state index in [1.807, 2.05) is 7.05 Å². The predicted octanol–water partition coefficient (Wildman–Crippen LogP) is 3.10. The largest absolute Gasteiger partial charge is 0.316 e. The highest BCUT2D eigenvalue weighted by molar-refractivity contribution is 9.10. The second kappa shape index (κ2) is 4.55. The molecule has 86 valence electrons. The maximum absolute atomic E-state index is 4.50. The highest BCUT2D eigenvalue weighted by Gasteiger charge is 2.10. The molecule has 0 amide bonds. The molecular formula is C12H16BrN3. The second-order valence-corrected chi connectivity index (χ2v) is 4.96. The molecule has 0 spiro atoms. The number of rotatable bonds is 3. The van der Waals surface area contributed by atoms with Gasteiger partial charge in [0.2, 0.25) is 0 Å². The van der Waals surface area contributed by atoms with Gasteiger partial charge in [0.25, 0.3) is 0 Å². The van der Waals surface area contributed by atoms with Crippen molar-refractivity contribution < 1.29 is 0 Å². The summed E-state index contributed by atoms with van der Waals surface area (Å²) in [5.74, 6) is 0. The fraction of sp³-hybridized carbons (Fsp3) is 0.417. The normalized spacial score (nSPS) is 11.6. The maximum Gasteiger partial charge on any atom is 0.136 e. The monoisotopic (exact) mass is 281 g/mol. The minimum Gasteiger partial charge on any atom is -0.316 e. The average Bonchev–Trinajstić information content (AvgIpc) is 2.57. The van der Waals surface area contributed by atoms with E-state index in [0.29, 0.717) is 6.04 Å². The Morgan fingerprint density at radius 3 is 2.81 bits per heavy atom. The van der Waals surface area contributed by atoms with Crippen LogP contribution in [0.15, 0.2) is 22.8 Å². The van der Waals surface area contributed by atoms with Crippen molar-refractivity contribution >= 4 is 26.8 Å². The van der Waals surface area contributed by atoms with Crippen molar-refractivity contribution in [1.29, 1.82) is 0 Å². The van der Waals surface area contributed by atoms with Crippen LogP contribution in [0.2, 0.25) is 0 Å². The van der Waals surface area contributed by atoms with E-state index in [2.05, 4.69) is 63.1 Å². The van der Waals surface area contributed by atoms with Crippen molar-refractivity contribution in [3.63, 3.8) is 0 Å². The zero-order valence-corrected chi connectivity index (χ0v) is 11.4. The lowest BCUT2D eigenvalue weighted by atomic mass is 10.1. The molecule has 0 saturated carbocycles. The Balaban J connectivity index is 2.60. The Morgan fingerprint density at radius 1 is 1.44 bits per heavy atom. The Kier molecular flexibility index (Phi) is 3.30. The first-order chi connectivity index (χ1) is 7.63. The summed E-state index contributed by atoms with van der Waals surface area (Å²) in [7, 11) is 1.96. The zero-order valence-electron chi connectivity index (χ0n) is 9.79. The Morgan fingerprint density at radius 2 is 2.19 bits per heavy atom. The van der Waals surface area contributed by atoms with Crippen LogP contribution in [0.25, 0.3) is 10.9 Å². The molecule has 3 nitrogen and oxygen atoms in total.